The molecule has 2 aliphatic heterocycles. The van der Waals surface area contributed by atoms with Crippen LogP contribution in [0.25, 0.3) is 5.53 Å². The Kier molecular flexibility index (Phi) is 13.2. The fourth-order valence-electron chi connectivity index (χ4n) is 5.34. The number of nitrogens with zero attached hydrogens (tertiary/aromatic N) is 5. The molecule has 0 radical (unpaired) electrons. The molecule has 21 heteroatoms. The van der Waals surface area contributed by atoms with E-state index in [-0.39, 0.29) is 54.1 Å². The fraction of sp³-hybridized carbons (Fsp3) is 0.265. The number of β-lactam (4-membered cyclic amide) rings is 1. The molecule has 2 amide bonds. The molecule has 0 aliphatic carbocycles. The van der Waals surface area contributed by atoms with Crippen molar-refractivity contribution in [3.63, 3.8) is 0 Å². The van der Waals surface area contributed by atoms with Gasteiger partial charge in [0.05, 0.1) is 21.0 Å². The molecule has 5 rings (SSSR count). The highest BCUT2D eigenvalue weighted by Gasteiger charge is 2.67. The molecule has 0 bridgehead atoms. The number of hydrogen-bond donors (Lipinski definition) is 1. The summed E-state index contributed by atoms with van der Waals surface area (Å²) in [6.45, 7) is 0.594. The average Bonchev–Trinajstić information content (AvgIpc) is 3.17. The van der Waals surface area contributed by atoms with Gasteiger partial charge >= 0.3 is 23.3 Å². The quantitative estimate of drug-likeness (QED) is 0.0258. The van der Waals surface area contributed by atoms with Crippen LogP contribution < -0.4 is 5.32 Å². The Balaban J connectivity index is 1.26. The maximum absolute atomic E-state index is 13.8. The number of thioether (sulfide) groups is 1. The van der Waals surface area contributed by atoms with Crippen molar-refractivity contribution in [1.29, 1.82) is 0 Å². The molecule has 0 saturated carbocycles. The number of esters is 1. The summed E-state index contributed by atoms with van der Waals surface area (Å²) in [5.74, 6) is -3.01. The van der Waals surface area contributed by atoms with Gasteiger partial charge in [-0.2, -0.15) is 0 Å². The van der Waals surface area contributed by atoms with Crippen molar-refractivity contribution in [1.82, 2.24) is 10.2 Å². The first-order valence-electron chi connectivity index (χ1n) is 16.1. The minimum absolute atomic E-state index is 0.00386. The van der Waals surface area contributed by atoms with Crippen molar-refractivity contribution >= 4 is 63.5 Å². The van der Waals surface area contributed by atoms with Crippen LogP contribution in [0.15, 0.2) is 89.5 Å². The van der Waals surface area contributed by atoms with Crippen molar-refractivity contribution in [2.45, 2.75) is 38.2 Å². The van der Waals surface area contributed by atoms with E-state index in [1.165, 1.54) is 55.5 Å². The number of ether oxygens (including phenoxy) is 4. The molecule has 0 aromatic heterocycles. The minimum Gasteiger partial charge on any atom is -0.604 e. The lowest BCUT2D eigenvalue weighted by molar-refractivity contribution is -0.385. The molecule has 1 N–H and O–H groups in total. The molecular formula is C34H30N6O13S2. The second-order valence-electron chi connectivity index (χ2n) is 11.6. The second kappa shape index (κ2) is 18.2. The zero-order chi connectivity index (χ0) is 39.6. The Morgan fingerprint density at radius 3 is 2.00 bits per heavy atom. The number of carbonyl (C=O) groups is 4. The number of non-ortho nitro benzene ring substituents is 2. The Labute approximate surface area is 318 Å². The van der Waals surface area contributed by atoms with E-state index >= 15 is 0 Å². The highest BCUT2D eigenvalue weighted by molar-refractivity contribution is 8.13. The number of nitrogens with one attached hydrogen (secondary N) is 1. The van der Waals surface area contributed by atoms with E-state index < -0.39 is 67.6 Å². The van der Waals surface area contributed by atoms with Crippen molar-refractivity contribution in [2.75, 3.05) is 12.3 Å². The van der Waals surface area contributed by atoms with Gasteiger partial charge in [-0.3, -0.25) is 29.9 Å². The number of nitro groups is 2. The third kappa shape index (κ3) is 9.64. The summed E-state index contributed by atoms with van der Waals surface area (Å²) in [4.78, 5) is 76.7. The molecule has 3 aromatic rings. The largest absolute Gasteiger partial charge is 0.604 e. The molecule has 3 aromatic carbocycles. The van der Waals surface area contributed by atoms with Gasteiger partial charge in [0.1, 0.15) is 31.8 Å². The monoisotopic (exact) mass is 794 g/mol. The van der Waals surface area contributed by atoms with Gasteiger partial charge in [0.25, 0.3) is 11.4 Å². The molecule has 1 saturated heterocycles. The average molecular weight is 795 g/mol. The molecule has 4 atom stereocenters. The third-order valence-corrected chi connectivity index (χ3v) is 10.9. The van der Waals surface area contributed by atoms with Crippen LogP contribution in [0.5, 0.6) is 0 Å². The van der Waals surface area contributed by atoms with E-state index in [9.17, 15) is 49.5 Å². The maximum Gasteiger partial charge on any atom is 0.508 e. The van der Waals surface area contributed by atoms with E-state index in [4.69, 9.17) is 18.9 Å². The zero-order valence-corrected chi connectivity index (χ0v) is 30.3. The van der Waals surface area contributed by atoms with Crippen molar-refractivity contribution in [2.24, 2.45) is 5.92 Å². The lowest BCUT2D eigenvalue weighted by Crippen LogP contribution is -2.70. The van der Waals surface area contributed by atoms with Crippen molar-refractivity contribution < 1.29 is 57.3 Å². The van der Waals surface area contributed by atoms with E-state index in [1.807, 2.05) is 0 Å². The minimum atomic E-state index is -2.27. The van der Waals surface area contributed by atoms with E-state index in [0.29, 0.717) is 16.7 Å². The third-order valence-electron chi connectivity index (χ3n) is 8.07. The number of carbonyl (C=O) groups excluding carboxylic acids is 4. The Morgan fingerprint density at radius 2 is 1.44 bits per heavy atom. The van der Waals surface area contributed by atoms with Crippen LogP contribution in [0, 0.1) is 26.1 Å². The normalized spacial score (nSPS) is 17.9. The Bertz CT molecular complexity index is 2040. The van der Waals surface area contributed by atoms with Gasteiger partial charge in [0, 0.05) is 36.6 Å². The van der Waals surface area contributed by atoms with E-state index in [1.54, 1.807) is 30.3 Å². The van der Waals surface area contributed by atoms with E-state index in [0.717, 1.165) is 16.7 Å². The molecule has 2 unspecified atom stereocenters. The lowest BCUT2D eigenvalue weighted by atomic mass is 9.91. The number of nitro benzene ring substituents is 2. The summed E-state index contributed by atoms with van der Waals surface area (Å²) in [6.07, 6.45) is -3.26. The Morgan fingerprint density at radius 1 is 0.891 bits per heavy atom. The summed E-state index contributed by atoms with van der Waals surface area (Å²) in [7, 11) is 0. The van der Waals surface area contributed by atoms with E-state index in [2.05, 4.69) is 10.1 Å². The highest BCUT2D eigenvalue weighted by Crippen LogP contribution is 2.46. The fourth-order valence-corrected chi connectivity index (χ4v) is 8.24. The summed E-state index contributed by atoms with van der Waals surface area (Å²) in [6, 6.07) is 19.3. The van der Waals surface area contributed by atoms with Crippen molar-refractivity contribution in [3.05, 3.63) is 132 Å². The van der Waals surface area contributed by atoms with Gasteiger partial charge in [0.15, 0.2) is 10.6 Å². The van der Waals surface area contributed by atoms with Gasteiger partial charge in [-0.05, 0) is 47.9 Å². The number of rotatable bonds is 15. The van der Waals surface area contributed by atoms with Crippen LogP contribution in [-0.2, 0) is 59.5 Å². The number of amides is 2. The lowest BCUT2D eigenvalue weighted by Gasteiger charge is -2.48. The first-order chi connectivity index (χ1) is 26.4. The van der Waals surface area contributed by atoms with Crippen LogP contribution in [0.2, 0.25) is 0 Å². The first-order valence-corrected chi connectivity index (χ1v) is 18.3. The van der Waals surface area contributed by atoms with Crippen LogP contribution in [0.4, 0.5) is 21.0 Å². The molecule has 55 heavy (non-hydrogen) atoms. The molecule has 1 fully saturated rings. The molecule has 2 heterocycles. The topological polar surface area (TPSA) is 266 Å². The standard InChI is InChI=1S/C34H30N6O13S2/c1-20(53-34(44)52-19-23-9-13-25(14-10-23)40(47)48)26-30(41)38-27(32(42)50-17-21-5-3-2-4-6-21)28(29(37-35)55(49)31(26)38)54-16-15-36-33(43)51-18-22-7-11-24(12-8-22)39(45)46/h2-14,20,26,31H,15-19H2,1H3,(H,36,43)/t20?,26-,31+,55?/m0/s1. The van der Waals surface area contributed by atoms with Gasteiger partial charge < -0.3 is 34.3 Å². The van der Waals surface area contributed by atoms with Crippen LogP contribution in [-0.4, -0.2) is 77.0 Å². The van der Waals surface area contributed by atoms with Crippen molar-refractivity contribution in [3.8, 4) is 0 Å². The van der Waals surface area contributed by atoms with Crippen LogP contribution >= 0.6 is 11.8 Å². The molecule has 0 spiro atoms. The number of hydrogen-bond acceptors (Lipinski definition) is 14. The summed E-state index contributed by atoms with van der Waals surface area (Å²) in [5.41, 5.74) is 10.9. The number of fused-ring (bicyclic) bond motifs is 1. The predicted octanol–water partition coefficient (Wildman–Crippen LogP) is 4.33. The zero-order valence-electron chi connectivity index (χ0n) is 28.6. The van der Waals surface area contributed by atoms with Crippen LogP contribution in [0.3, 0.4) is 0 Å². The highest BCUT2D eigenvalue weighted by atomic mass is 32.2. The molecular weight excluding hydrogens is 765 g/mol. The second-order valence-corrected chi connectivity index (χ2v) is 14.2. The molecule has 19 nitrogen and oxygen atoms in total. The predicted molar refractivity (Wildman–Crippen MR) is 192 cm³/mol. The molecule has 286 valence electrons. The maximum atomic E-state index is 13.8. The Hall–Kier alpha value is -6.28. The van der Waals surface area contributed by atoms with Gasteiger partial charge in [-0.1, -0.05) is 30.3 Å². The molecule has 2 aliphatic rings. The smallest absolute Gasteiger partial charge is 0.508 e. The SMILES string of the molecule is CC(OC(=O)OCc1ccc([N+](=O)[O-])cc1)[C@H]1C(=O)N2C(C(=O)OCc3ccccc3)=C(SCCNC(=O)OCc3ccc([N+](=O)[O-])cc3)C(=[N+]=[N-])[S+]([O-])[C@H]12. The number of alkyl carbamates (subject to hydrolysis) is 1. The van der Waals surface area contributed by atoms with Gasteiger partial charge in [-0.25, -0.2) is 14.4 Å². The first kappa shape index (κ1) is 39.9. The summed E-state index contributed by atoms with van der Waals surface area (Å²) in [5, 5.41) is 22.4. The van der Waals surface area contributed by atoms with Crippen LogP contribution in [0.1, 0.15) is 23.6 Å². The van der Waals surface area contributed by atoms with Gasteiger partial charge in [0.2, 0.25) is 11.3 Å². The van der Waals surface area contributed by atoms with Gasteiger partial charge in [-0.15, -0.1) is 16.6 Å². The number of benzene rings is 3. The summed E-state index contributed by atoms with van der Waals surface area (Å²) < 4.78 is 34.8. The summed E-state index contributed by atoms with van der Waals surface area (Å²) >= 11 is -1.42.